The van der Waals surface area contributed by atoms with Crippen LogP contribution in [0.2, 0.25) is 0 Å². The zero-order valence-electron chi connectivity index (χ0n) is 7.56. The maximum absolute atomic E-state index is 4.26. The molecule has 0 amide bonds. The van der Waals surface area contributed by atoms with E-state index in [-0.39, 0.29) is 0 Å². The minimum Gasteiger partial charge on any atom is -0.367 e. The van der Waals surface area contributed by atoms with E-state index in [0.717, 1.165) is 15.9 Å². The van der Waals surface area contributed by atoms with Gasteiger partial charge in [0.15, 0.2) is 0 Å². The number of halogens is 1. The molecule has 0 saturated heterocycles. The Hall–Kier alpha value is -0.570. The molecule has 1 aromatic rings. The molecule has 0 spiro atoms. The third-order valence-corrected chi connectivity index (χ3v) is 2.01. The molecule has 0 aliphatic heterocycles. The fourth-order valence-electron chi connectivity index (χ4n) is 0.913. The van der Waals surface area contributed by atoms with E-state index in [9.17, 15) is 0 Å². The smallest absolute Gasteiger partial charge is 0.140 e. The summed E-state index contributed by atoms with van der Waals surface area (Å²) < 4.78 is 1.02. The van der Waals surface area contributed by atoms with Crippen LogP contribution in [0.5, 0.6) is 0 Å². The summed E-state index contributed by atoms with van der Waals surface area (Å²) in [7, 11) is 0. The highest BCUT2D eigenvalue weighted by Crippen LogP contribution is 2.20. The summed E-state index contributed by atoms with van der Waals surface area (Å²) in [6.07, 6.45) is 1.86. The molecular weight excluding hydrogens is 216 g/mol. The summed E-state index contributed by atoms with van der Waals surface area (Å²) in [6.45, 7) is 6.21. The Balaban J connectivity index is 2.86. The lowest BCUT2D eigenvalue weighted by atomic mass is 10.3. The molecule has 66 valence electrons. The topological polar surface area (TPSA) is 24.9 Å². The number of nitrogens with one attached hydrogen (secondary N) is 1. The number of nitrogens with zero attached hydrogens (tertiary/aromatic N) is 1. The van der Waals surface area contributed by atoms with Crippen LogP contribution in [0.1, 0.15) is 19.4 Å². The van der Waals surface area contributed by atoms with Crippen LogP contribution in [-0.4, -0.2) is 11.0 Å². The standard InChI is InChI=1S/C9H13BrN2/c1-6(2)12-9-8(10)4-7(3)5-11-9/h4-6H,1-3H3,(H,11,12). The quantitative estimate of drug-likeness (QED) is 0.843. The Labute approximate surface area is 81.5 Å². The van der Waals surface area contributed by atoms with Crippen molar-refractivity contribution in [1.29, 1.82) is 0 Å². The number of hydrogen-bond acceptors (Lipinski definition) is 2. The maximum atomic E-state index is 4.26. The van der Waals surface area contributed by atoms with Gasteiger partial charge in [-0.3, -0.25) is 0 Å². The van der Waals surface area contributed by atoms with Crippen molar-refractivity contribution in [2.45, 2.75) is 26.8 Å². The summed E-state index contributed by atoms with van der Waals surface area (Å²) in [5.74, 6) is 0.913. The van der Waals surface area contributed by atoms with Gasteiger partial charge in [-0.2, -0.15) is 0 Å². The van der Waals surface area contributed by atoms with E-state index < -0.39 is 0 Å². The average molecular weight is 229 g/mol. The van der Waals surface area contributed by atoms with Gasteiger partial charge in [-0.1, -0.05) is 0 Å². The van der Waals surface area contributed by atoms with E-state index in [1.807, 2.05) is 13.1 Å². The summed E-state index contributed by atoms with van der Waals surface area (Å²) in [5, 5.41) is 3.24. The van der Waals surface area contributed by atoms with Crippen molar-refractivity contribution in [2.75, 3.05) is 5.32 Å². The van der Waals surface area contributed by atoms with Crippen LogP contribution >= 0.6 is 15.9 Å². The Morgan fingerprint density at radius 1 is 1.50 bits per heavy atom. The second-order valence-corrected chi connectivity index (χ2v) is 4.00. The predicted octanol–water partition coefficient (Wildman–Crippen LogP) is 2.97. The zero-order valence-corrected chi connectivity index (χ0v) is 9.14. The number of pyridine rings is 1. The maximum Gasteiger partial charge on any atom is 0.140 e. The van der Waals surface area contributed by atoms with Crippen LogP contribution in [0.15, 0.2) is 16.7 Å². The van der Waals surface area contributed by atoms with E-state index >= 15 is 0 Å². The van der Waals surface area contributed by atoms with Gasteiger partial charge < -0.3 is 5.32 Å². The average Bonchev–Trinajstić information content (AvgIpc) is 1.94. The van der Waals surface area contributed by atoms with Gasteiger partial charge in [0.05, 0.1) is 4.47 Å². The molecule has 1 heterocycles. The molecule has 0 atom stereocenters. The molecule has 0 aliphatic rings. The van der Waals surface area contributed by atoms with Crippen LogP contribution in [0, 0.1) is 6.92 Å². The monoisotopic (exact) mass is 228 g/mol. The van der Waals surface area contributed by atoms with Crippen molar-refractivity contribution in [2.24, 2.45) is 0 Å². The highest BCUT2D eigenvalue weighted by Gasteiger charge is 2.01. The van der Waals surface area contributed by atoms with E-state index in [1.54, 1.807) is 0 Å². The van der Waals surface area contributed by atoms with Gasteiger partial charge in [0, 0.05) is 12.2 Å². The van der Waals surface area contributed by atoms with Crippen molar-refractivity contribution < 1.29 is 0 Å². The van der Waals surface area contributed by atoms with E-state index in [0.29, 0.717) is 6.04 Å². The van der Waals surface area contributed by atoms with Gasteiger partial charge in [-0.05, 0) is 48.3 Å². The van der Waals surface area contributed by atoms with Crippen molar-refractivity contribution >= 4 is 21.7 Å². The minimum atomic E-state index is 0.413. The molecule has 0 radical (unpaired) electrons. The van der Waals surface area contributed by atoms with Crippen molar-refractivity contribution in [3.63, 3.8) is 0 Å². The second-order valence-electron chi connectivity index (χ2n) is 3.14. The summed E-state index contributed by atoms with van der Waals surface area (Å²) in [6, 6.07) is 2.47. The molecule has 1 rings (SSSR count). The number of aryl methyl sites for hydroxylation is 1. The van der Waals surface area contributed by atoms with Crippen LogP contribution in [0.4, 0.5) is 5.82 Å². The fraction of sp³-hybridized carbons (Fsp3) is 0.444. The van der Waals surface area contributed by atoms with E-state index in [1.165, 1.54) is 0 Å². The number of anilines is 1. The van der Waals surface area contributed by atoms with Crippen molar-refractivity contribution in [3.05, 3.63) is 22.3 Å². The predicted molar refractivity (Wildman–Crippen MR) is 55.4 cm³/mol. The number of aromatic nitrogens is 1. The molecule has 2 nitrogen and oxygen atoms in total. The molecule has 3 heteroatoms. The molecule has 1 N–H and O–H groups in total. The molecule has 1 aromatic heterocycles. The highest BCUT2D eigenvalue weighted by atomic mass is 79.9. The van der Waals surface area contributed by atoms with Gasteiger partial charge in [0.2, 0.25) is 0 Å². The molecule has 0 aliphatic carbocycles. The zero-order chi connectivity index (χ0) is 9.14. The van der Waals surface area contributed by atoms with Crippen LogP contribution < -0.4 is 5.32 Å². The second kappa shape index (κ2) is 3.90. The summed E-state index contributed by atoms with van der Waals surface area (Å²) in [4.78, 5) is 4.26. The Morgan fingerprint density at radius 2 is 2.17 bits per heavy atom. The first-order valence-electron chi connectivity index (χ1n) is 3.98. The Kier molecular flexibility index (Phi) is 3.09. The lowest BCUT2D eigenvalue weighted by Crippen LogP contribution is -2.11. The van der Waals surface area contributed by atoms with Crippen LogP contribution in [0.25, 0.3) is 0 Å². The van der Waals surface area contributed by atoms with Crippen molar-refractivity contribution in [3.8, 4) is 0 Å². The van der Waals surface area contributed by atoms with Crippen LogP contribution in [-0.2, 0) is 0 Å². The lowest BCUT2D eigenvalue weighted by Gasteiger charge is -2.10. The lowest BCUT2D eigenvalue weighted by molar-refractivity contribution is 0.887. The first-order chi connectivity index (χ1) is 5.59. The number of rotatable bonds is 2. The molecule has 0 saturated carbocycles. The molecule has 0 aromatic carbocycles. The first kappa shape index (κ1) is 9.52. The largest absolute Gasteiger partial charge is 0.367 e. The first-order valence-corrected chi connectivity index (χ1v) is 4.77. The molecule has 12 heavy (non-hydrogen) atoms. The van der Waals surface area contributed by atoms with Crippen LogP contribution in [0.3, 0.4) is 0 Å². The normalized spacial score (nSPS) is 10.4. The summed E-state index contributed by atoms with van der Waals surface area (Å²) in [5.41, 5.74) is 1.16. The molecular formula is C9H13BrN2. The van der Waals surface area contributed by atoms with Gasteiger partial charge in [0.1, 0.15) is 5.82 Å². The van der Waals surface area contributed by atoms with Gasteiger partial charge >= 0.3 is 0 Å². The molecule has 0 unspecified atom stereocenters. The SMILES string of the molecule is Cc1cnc(NC(C)C)c(Br)c1. The molecule has 0 bridgehead atoms. The van der Waals surface area contributed by atoms with Gasteiger partial charge in [-0.25, -0.2) is 4.98 Å². The minimum absolute atomic E-state index is 0.413. The summed E-state index contributed by atoms with van der Waals surface area (Å²) >= 11 is 3.45. The third-order valence-electron chi connectivity index (χ3n) is 1.40. The molecule has 0 fully saturated rings. The Morgan fingerprint density at radius 3 is 2.67 bits per heavy atom. The highest BCUT2D eigenvalue weighted by molar-refractivity contribution is 9.10. The van der Waals surface area contributed by atoms with E-state index in [2.05, 4.69) is 46.1 Å². The Bertz CT molecular complexity index is 271. The van der Waals surface area contributed by atoms with Gasteiger partial charge in [0.25, 0.3) is 0 Å². The van der Waals surface area contributed by atoms with Gasteiger partial charge in [-0.15, -0.1) is 0 Å². The van der Waals surface area contributed by atoms with Crippen molar-refractivity contribution in [1.82, 2.24) is 4.98 Å². The fourth-order valence-corrected chi connectivity index (χ4v) is 1.49. The number of hydrogen-bond donors (Lipinski definition) is 1. The van der Waals surface area contributed by atoms with E-state index in [4.69, 9.17) is 0 Å². The third kappa shape index (κ3) is 2.48.